The maximum absolute atomic E-state index is 12.0. The van der Waals surface area contributed by atoms with Crippen molar-refractivity contribution in [3.8, 4) is 0 Å². The van der Waals surface area contributed by atoms with Crippen molar-refractivity contribution in [3.05, 3.63) is 29.8 Å². The molecule has 1 aliphatic rings. The van der Waals surface area contributed by atoms with E-state index < -0.39 is 0 Å². The van der Waals surface area contributed by atoms with E-state index in [1.165, 1.54) is 5.56 Å². The first-order valence-electron chi connectivity index (χ1n) is 7.05. The summed E-state index contributed by atoms with van der Waals surface area (Å²) in [7, 11) is 0. The van der Waals surface area contributed by atoms with E-state index in [4.69, 9.17) is 9.84 Å². The van der Waals surface area contributed by atoms with Gasteiger partial charge in [0.05, 0.1) is 25.9 Å². The fourth-order valence-corrected chi connectivity index (χ4v) is 2.31. The molecular formula is C15H22N2O3. The van der Waals surface area contributed by atoms with E-state index >= 15 is 0 Å². The highest BCUT2D eigenvalue weighted by Crippen LogP contribution is 2.11. The number of anilines is 1. The Hall–Kier alpha value is -1.43. The third-order valence-corrected chi connectivity index (χ3v) is 3.41. The molecule has 1 heterocycles. The lowest BCUT2D eigenvalue weighted by atomic mass is 10.1. The van der Waals surface area contributed by atoms with Crippen molar-refractivity contribution in [1.29, 1.82) is 0 Å². The molecule has 1 atom stereocenters. The number of carbonyl (C=O) groups is 1. The minimum Gasteiger partial charge on any atom is -0.394 e. The lowest BCUT2D eigenvalue weighted by Crippen LogP contribution is -2.46. The molecule has 0 unspecified atom stereocenters. The van der Waals surface area contributed by atoms with Crippen LogP contribution in [0.25, 0.3) is 0 Å². The molecule has 2 N–H and O–H groups in total. The molecule has 0 aliphatic carbocycles. The molecule has 1 aromatic rings. The zero-order valence-corrected chi connectivity index (χ0v) is 11.8. The number of hydrogen-bond donors (Lipinski definition) is 2. The second-order valence-corrected chi connectivity index (χ2v) is 5.01. The Balaban J connectivity index is 1.85. The third kappa shape index (κ3) is 4.30. The van der Waals surface area contributed by atoms with Crippen molar-refractivity contribution < 1.29 is 14.6 Å². The van der Waals surface area contributed by atoms with Gasteiger partial charge in [0.15, 0.2) is 0 Å². The number of aliphatic hydroxyl groups excluding tert-OH is 1. The van der Waals surface area contributed by atoms with E-state index in [1.807, 2.05) is 29.2 Å². The second-order valence-electron chi connectivity index (χ2n) is 5.01. The first-order valence-corrected chi connectivity index (χ1v) is 7.05. The van der Waals surface area contributed by atoms with E-state index in [0.717, 1.165) is 18.7 Å². The van der Waals surface area contributed by atoms with Gasteiger partial charge in [-0.1, -0.05) is 19.1 Å². The highest BCUT2D eigenvalue weighted by molar-refractivity contribution is 5.92. The van der Waals surface area contributed by atoms with Gasteiger partial charge in [-0.05, 0) is 24.1 Å². The Morgan fingerprint density at radius 2 is 2.40 bits per heavy atom. The summed E-state index contributed by atoms with van der Waals surface area (Å²) in [5.74, 6) is -0.0307. The molecule has 1 fully saturated rings. The average Bonchev–Trinajstić information content (AvgIpc) is 2.47. The fourth-order valence-electron chi connectivity index (χ4n) is 2.31. The van der Waals surface area contributed by atoms with Crippen molar-refractivity contribution >= 4 is 11.6 Å². The monoisotopic (exact) mass is 278 g/mol. The number of nitrogens with zero attached hydrogens (tertiary/aromatic N) is 1. The van der Waals surface area contributed by atoms with Crippen molar-refractivity contribution in [2.45, 2.75) is 19.4 Å². The molecular weight excluding hydrogens is 256 g/mol. The summed E-state index contributed by atoms with van der Waals surface area (Å²) >= 11 is 0. The van der Waals surface area contributed by atoms with Gasteiger partial charge in [0.1, 0.15) is 0 Å². The Kier molecular flexibility index (Phi) is 5.52. The topological polar surface area (TPSA) is 61.8 Å². The standard InChI is InChI=1S/C15H22N2O3/c1-2-12-4-3-5-13(8-12)16-15(19)10-17-6-7-20-14(9-17)11-18/h3-5,8,14,18H,2,6-7,9-11H2,1H3,(H,16,19)/t14-/m1/s1. The SMILES string of the molecule is CCc1cccc(NC(=O)CN2CCO[C@@H](CO)C2)c1. The average molecular weight is 278 g/mol. The smallest absolute Gasteiger partial charge is 0.238 e. The van der Waals surface area contributed by atoms with Crippen LogP contribution in [0.5, 0.6) is 0 Å². The van der Waals surface area contributed by atoms with Gasteiger partial charge in [-0.2, -0.15) is 0 Å². The minimum atomic E-state index is -0.181. The van der Waals surface area contributed by atoms with Gasteiger partial charge in [0.25, 0.3) is 0 Å². The van der Waals surface area contributed by atoms with Crippen LogP contribution < -0.4 is 5.32 Å². The van der Waals surface area contributed by atoms with Crippen LogP contribution in [0, 0.1) is 0 Å². The predicted octanol–water partition coefficient (Wildman–Crippen LogP) is 0.881. The molecule has 2 rings (SSSR count). The van der Waals surface area contributed by atoms with Gasteiger partial charge < -0.3 is 15.2 Å². The lowest BCUT2D eigenvalue weighted by molar-refractivity contribution is -0.120. The second kappa shape index (κ2) is 7.38. The zero-order valence-electron chi connectivity index (χ0n) is 11.8. The van der Waals surface area contributed by atoms with Crippen LogP contribution in [0.3, 0.4) is 0 Å². The normalized spacial score (nSPS) is 19.8. The minimum absolute atomic E-state index is 0.00331. The number of rotatable bonds is 5. The molecule has 0 aromatic heterocycles. The van der Waals surface area contributed by atoms with Crippen molar-refractivity contribution in [1.82, 2.24) is 4.90 Å². The third-order valence-electron chi connectivity index (χ3n) is 3.41. The van der Waals surface area contributed by atoms with Crippen LogP contribution >= 0.6 is 0 Å². The summed E-state index contributed by atoms with van der Waals surface area (Å²) in [6.07, 6.45) is 0.769. The van der Waals surface area contributed by atoms with Gasteiger partial charge in [-0.15, -0.1) is 0 Å². The summed E-state index contributed by atoms with van der Waals surface area (Å²) < 4.78 is 5.36. The highest BCUT2D eigenvalue weighted by atomic mass is 16.5. The summed E-state index contributed by atoms with van der Waals surface area (Å²) in [6, 6.07) is 7.88. The van der Waals surface area contributed by atoms with Gasteiger partial charge in [0.2, 0.25) is 5.91 Å². The Morgan fingerprint density at radius 1 is 1.55 bits per heavy atom. The largest absolute Gasteiger partial charge is 0.394 e. The molecule has 0 radical (unpaired) electrons. The number of aliphatic hydroxyl groups is 1. The molecule has 0 spiro atoms. The van der Waals surface area contributed by atoms with Crippen molar-refractivity contribution in [3.63, 3.8) is 0 Å². The lowest BCUT2D eigenvalue weighted by Gasteiger charge is -2.31. The molecule has 0 bridgehead atoms. The number of nitrogens with one attached hydrogen (secondary N) is 1. The van der Waals surface area contributed by atoms with Crippen LogP contribution in [0.15, 0.2) is 24.3 Å². The molecule has 5 heteroatoms. The molecule has 20 heavy (non-hydrogen) atoms. The van der Waals surface area contributed by atoms with Gasteiger partial charge in [-0.25, -0.2) is 0 Å². The van der Waals surface area contributed by atoms with Crippen molar-refractivity contribution in [2.75, 3.05) is 38.2 Å². The van der Waals surface area contributed by atoms with Crippen molar-refractivity contribution in [2.24, 2.45) is 0 Å². The highest BCUT2D eigenvalue weighted by Gasteiger charge is 2.21. The predicted molar refractivity (Wildman–Crippen MR) is 77.7 cm³/mol. The fraction of sp³-hybridized carbons (Fsp3) is 0.533. The van der Waals surface area contributed by atoms with E-state index in [-0.39, 0.29) is 18.6 Å². The number of aryl methyl sites for hydroxylation is 1. The number of carbonyl (C=O) groups excluding carboxylic acids is 1. The molecule has 1 saturated heterocycles. The van der Waals surface area contributed by atoms with Gasteiger partial charge in [0, 0.05) is 18.8 Å². The molecule has 1 aliphatic heterocycles. The molecule has 5 nitrogen and oxygen atoms in total. The first-order chi connectivity index (χ1) is 9.71. The Labute approximate surface area is 119 Å². The molecule has 110 valence electrons. The van der Waals surface area contributed by atoms with Crippen LogP contribution in [-0.4, -0.2) is 54.9 Å². The summed E-state index contributed by atoms with van der Waals surface area (Å²) in [6.45, 7) is 4.29. The van der Waals surface area contributed by atoms with Crippen LogP contribution in [0.4, 0.5) is 5.69 Å². The van der Waals surface area contributed by atoms with Crippen LogP contribution in [-0.2, 0) is 16.0 Å². The number of ether oxygens (including phenoxy) is 1. The van der Waals surface area contributed by atoms with E-state index in [9.17, 15) is 4.79 Å². The number of benzene rings is 1. The first kappa shape index (κ1) is 15.0. The maximum Gasteiger partial charge on any atom is 0.238 e. The number of hydrogen-bond acceptors (Lipinski definition) is 4. The van der Waals surface area contributed by atoms with Gasteiger partial charge >= 0.3 is 0 Å². The maximum atomic E-state index is 12.0. The molecule has 1 aromatic carbocycles. The van der Waals surface area contributed by atoms with Gasteiger partial charge in [-0.3, -0.25) is 9.69 Å². The van der Waals surface area contributed by atoms with Crippen LogP contribution in [0.1, 0.15) is 12.5 Å². The van der Waals surface area contributed by atoms with E-state index in [2.05, 4.69) is 12.2 Å². The Morgan fingerprint density at radius 3 is 3.15 bits per heavy atom. The Bertz CT molecular complexity index is 450. The van der Waals surface area contributed by atoms with Crippen LogP contribution in [0.2, 0.25) is 0 Å². The number of amides is 1. The number of morpholine rings is 1. The molecule has 1 amide bonds. The summed E-state index contributed by atoms with van der Waals surface area (Å²) in [5.41, 5.74) is 2.04. The zero-order chi connectivity index (χ0) is 14.4. The quantitative estimate of drug-likeness (QED) is 0.839. The summed E-state index contributed by atoms with van der Waals surface area (Å²) in [5, 5.41) is 12.0. The van der Waals surface area contributed by atoms with E-state index in [0.29, 0.717) is 19.7 Å². The van der Waals surface area contributed by atoms with E-state index in [1.54, 1.807) is 0 Å². The molecule has 0 saturated carbocycles. The summed E-state index contributed by atoms with van der Waals surface area (Å²) in [4.78, 5) is 14.0.